The lowest BCUT2D eigenvalue weighted by Crippen LogP contribution is -2.11. The Morgan fingerprint density at radius 2 is 1.96 bits per heavy atom. The van der Waals surface area contributed by atoms with Gasteiger partial charge in [-0.3, -0.25) is 4.79 Å². The van der Waals surface area contributed by atoms with E-state index in [9.17, 15) is 9.59 Å². The minimum absolute atomic E-state index is 0.273. The maximum absolute atomic E-state index is 12.4. The van der Waals surface area contributed by atoms with E-state index in [-0.39, 0.29) is 6.61 Å². The Morgan fingerprint density at radius 3 is 2.71 bits per heavy atom. The number of fused-ring (bicyclic) bond motifs is 5. The van der Waals surface area contributed by atoms with Crippen molar-refractivity contribution in [3.63, 3.8) is 0 Å². The number of carbonyl (C=O) groups excluding carboxylic acids is 2. The van der Waals surface area contributed by atoms with Crippen LogP contribution in [0.5, 0.6) is 0 Å². The van der Waals surface area contributed by atoms with Crippen LogP contribution in [0.25, 0.3) is 31.1 Å². The third-order valence-electron chi connectivity index (χ3n) is 4.32. The molecule has 4 nitrogen and oxygen atoms in total. The summed E-state index contributed by atoms with van der Waals surface area (Å²) in [5.74, 6) is -0.467. The molecule has 0 saturated carbocycles. The van der Waals surface area contributed by atoms with Crippen LogP contribution in [0.3, 0.4) is 0 Å². The third-order valence-corrected chi connectivity index (χ3v) is 5.45. The van der Waals surface area contributed by atoms with E-state index in [1.54, 1.807) is 22.8 Å². The zero-order valence-electron chi connectivity index (χ0n) is 13.3. The van der Waals surface area contributed by atoms with Crippen molar-refractivity contribution in [1.29, 1.82) is 0 Å². The lowest BCUT2D eigenvalue weighted by molar-refractivity contribution is 0.0513. The molecule has 5 heteroatoms. The number of rotatable bonds is 3. The summed E-state index contributed by atoms with van der Waals surface area (Å²) in [5, 5.41) is 3.00. The fourth-order valence-electron chi connectivity index (χ4n) is 3.35. The highest BCUT2D eigenvalue weighted by atomic mass is 32.1. The van der Waals surface area contributed by atoms with Gasteiger partial charge in [0.2, 0.25) is 0 Å². The van der Waals surface area contributed by atoms with Crippen molar-refractivity contribution in [2.75, 3.05) is 6.61 Å². The van der Waals surface area contributed by atoms with Gasteiger partial charge in [-0.25, -0.2) is 4.79 Å². The molecule has 24 heavy (non-hydrogen) atoms. The normalized spacial score (nSPS) is 11.4. The van der Waals surface area contributed by atoms with Gasteiger partial charge in [0, 0.05) is 32.6 Å². The monoisotopic (exact) mass is 337 g/mol. The number of ether oxygens (including phenoxy) is 1. The highest BCUT2D eigenvalue weighted by Gasteiger charge is 2.24. The van der Waals surface area contributed by atoms with Crippen LogP contribution in [0.2, 0.25) is 0 Å². The number of benzene rings is 2. The van der Waals surface area contributed by atoms with Gasteiger partial charge in [-0.15, -0.1) is 11.3 Å². The molecule has 0 saturated heterocycles. The summed E-state index contributed by atoms with van der Waals surface area (Å²) in [6, 6.07) is 12.1. The molecule has 0 N–H and O–H groups in total. The van der Waals surface area contributed by atoms with Gasteiger partial charge in [0.1, 0.15) is 5.69 Å². The first kappa shape index (κ1) is 14.9. The van der Waals surface area contributed by atoms with Crippen molar-refractivity contribution in [2.45, 2.75) is 6.92 Å². The molecule has 0 bridgehead atoms. The van der Waals surface area contributed by atoms with Crippen LogP contribution < -0.4 is 0 Å². The first-order valence-electron chi connectivity index (χ1n) is 7.72. The SMILES string of the molecule is CCOC(=O)c1c(C=O)c2ccc3sc4ccccc4c3c2n1C. The zero-order chi connectivity index (χ0) is 16.8. The van der Waals surface area contributed by atoms with Gasteiger partial charge >= 0.3 is 5.97 Å². The van der Waals surface area contributed by atoms with Gasteiger partial charge in [-0.05, 0) is 19.1 Å². The molecule has 0 radical (unpaired) electrons. The number of aryl methyl sites for hydroxylation is 1. The smallest absolute Gasteiger partial charge is 0.355 e. The first-order valence-corrected chi connectivity index (χ1v) is 8.54. The average Bonchev–Trinajstić information content (AvgIpc) is 3.09. The second kappa shape index (κ2) is 5.46. The Bertz CT molecular complexity index is 1120. The van der Waals surface area contributed by atoms with Gasteiger partial charge in [0.05, 0.1) is 17.7 Å². The summed E-state index contributed by atoms with van der Waals surface area (Å²) in [5.41, 5.74) is 1.60. The summed E-state index contributed by atoms with van der Waals surface area (Å²) in [6.07, 6.45) is 0.745. The topological polar surface area (TPSA) is 48.3 Å². The number of hydrogen-bond donors (Lipinski definition) is 0. The molecule has 0 aliphatic carbocycles. The lowest BCUT2D eigenvalue weighted by Gasteiger charge is -2.05. The van der Waals surface area contributed by atoms with Crippen LogP contribution in [-0.2, 0) is 11.8 Å². The standard InChI is InChI=1S/C19H15NO3S/c1-3-23-19(22)18-13(10-21)11-8-9-15-16(17(11)20(18)2)12-6-4-5-7-14(12)24-15/h4-10H,3H2,1-2H3. The van der Waals surface area contributed by atoms with Crippen molar-refractivity contribution in [2.24, 2.45) is 7.05 Å². The molecule has 2 heterocycles. The Hall–Kier alpha value is -2.66. The van der Waals surface area contributed by atoms with E-state index in [0.717, 1.165) is 32.7 Å². The number of aldehydes is 1. The van der Waals surface area contributed by atoms with E-state index in [4.69, 9.17) is 4.74 Å². The summed E-state index contributed by atoms with van der Waals surface area (Å²) >= 11 is 1.71. The number of esters is 1. The van der Waals surface area contributed by atoms with Crippen molar-refractivity contribution in [3.05, 3.63) is 47.7 Å². The second-order valence-corrected chi connectivity index (χ2v) is 6.68. The van der Waals surface area contributed by atoms with Crippen LogP contribution in [0.15, 0.2) is 36.4 Å². The highest BCUT2D eigenvalue weighted by Crippen LogP contribution is 2.40. The largest absolute Gasteiger partial charge is 0.461 e. The van der Waals surface area contributed by atoms with Gasteiger partial charge in [-0.1, -0.05) is 24.3 Å². The Labute approximate surface area is 142 Å². The maximum Gasteiger partial charge on any atom is 0.355 e. The minimum atomic E-state index is -0.467. The number of hydrogen-bond acceptors (Lipinski definition) is 4. The summed E-state index contributed by atoms with van der Waals surface area (Å²) in [7, 11) is 1.81. The fraction of sp³-hybridized carbons (Fsp3) is 0.158. The molecular weight excluding hydrogens is 322 g/mol. The number of nitrogens with zero attached hydrogens (tertiary/aromatic N) is 1. The second-order valence-electron chi connectivity index (χ2n) is 5.59. The molecule has 0 fully saturated rings. The van der Waals surface area contributed by atoms with Crippen LogP contribution >= 0.6 is 11.3 Å². The van der Waals surface area contributed by atoms with Gasteiger partial charge < -0.3 is 9.30 Å². The molecule has 0 unspecified atom stereocenters. The molecule has 2 aromatic heterocycles. The van der Waals surface area contributed by atoms with Crippen molar-refractivity contribution < 1.29 is 14.3 Å². The minimum Gasteiger partial charge on any atom is -0.461 e. The molecule has 0 spiro atoms. The molecule has 0 aliphatic rings. The number of thiophene rings is 1. The van der Waals surface area contributed by atoms with E-state index in [1.165, 1.54) is 4.70 Å². The van der Waals surface area contributed by atoms with E-state index >= 15 is 0 Å². The molecule has 4 rings (SSSR count). The quantitative estimate of drug-likeness (QED) is 0.407. The van der Waals surface area contributed by atoms with Gasteiger partial charge in [0.15, 0.2) is 6.29 Å². The molecule has 2 aromatic carbocycles. The summed E-state index contributed by atoms with van der Waals surface area (Å²) in [4.78, 5) is 24.0. The summed E-state index contributed by atoms with van der Waals surface area (Å²) in [6.45, 7) is 2.03. The first-order chi connectivity index (χ1) is 11.7. The van der Waals surface area contributed by atoms with Crippen LogP contribution in [-0.4, -0.2) is 23.4 Å². The van der Waals surface area contributed by atoms with Crippen LogP contribution in [0, 0.1) is 0 Å². The van der Waals surface area contributed by atoms with E-state index < -0.39 is 5.97 Å². The Kier molecular flexibility index (Phi) is 3.39. The van der Waals surface area contributed by atoms with E-state index in [2.05, 4.69) is 12.1 Å². The van der Waals surface area contributed by atoms with Crippen LogP contribution in [0.1, 0.15) is 27.8 Å². The number of carbonyl (C=O) groups is 2. The Morgan fingerprint density at radius 1 is 1.17 bits per heavy atom. The van der Waals surface area contributed by atoms with Gasteiger partial charge in [-0.2, -0.15) is 0 Å². The fourth-order valence-corrected chi connectivity index (χ4v) is 4.46. The van der Waals surface area contributed by atoms with E-state index in [0.29, 0.717) is 11.3 Å². The number of aromatic nitrogens is 1. The highest BCUT2D eigenvalue weighted by molar-refractivity contribution is 7.26. The molecular formula is C19H15NO3S. The van der Waals surface area contributed by atoms with Gasteiger partial charge in [0.25, 0.3) is 0 Å². The lowest BCUT2D eigenvalue weighted by atomic mass is 10.1. The molecule has 0 aliphatic heterocycles. The van der Waals surface area contributed by atoms with Crippen molar-refractivity contribution in [1.82, 2.24) is 4.57 Å². The maximum atomic E-state index is 12.4. The third kappa shape index (κ3) is 1.91. The summed E-state index contributed by atoms with van der Waals surface area (Å²) < 4.78 is 9.26. The predicted octanol–water partition coefficient (Wildman–Crippen LogP) is 4.54. The van der Waals surface area contributed by atoms with Crippen molar-refractivity contribution >= 4 is 54.7 Å². The van der Waals surface area contributed by atoms with E-state index in [1.807, 2.05) is 31.3 Å². The molecule has 0 amide bonds. The zero-order valence-corrected chi connectivity index (χ0v) is 14.1. The van der Waals surface area contributed by atoms with Crippen molar-refractivity contribution in [3.8, 4) is 0 Å². The molecule has 120 valence electrons. The average molecular weight is 337 g/mol. The predicted molar refractivity (Wildman–Crippen MR) is 97.2 cm³/mol. The van der Waals surface area contributed by atoms with Crippen LogP contribution in [0.4, 0.5) is 0 Å². The Balaban J connectivity index is 2.20. The molecule has 0 atom stereocenters. The molecule has 4 aromatic rings.